The quantitative estimate of drug-likeness (QED) is 0.0524. The third kappa shape index (κ3) is 37.6. The molecule has 6 aliphatic rings. The maximum atomic E-state index is 12.4. The first-order valence-corrected chi connectivity index (χ1v) is 39.0. The fourth-order valence-corrected chi connectivity index (χ4v) is 13.3. The molecule has 0 aliphatic carbocycles. The predicted molar refractivity (Wildman–Crippen MR) is 405 cm³/mol. The van der Waals surface area contributed by atoms with Crippen molar-refractivity contribution in [3.8, 4) is 71.0 Å². The number of methoxy groups -OCH3 is 2. The van der Waals surface area contributed by atoms with Gasteiger partial charge in [0.05, 0.1) is 37.2 Å². The average Bonchev–Trinajstić information content (AvgIpc) is 1.62. The van der Waals surface area contributed by atoms with Crippen LogP contribution in [0.5, 0.6) is 34.5 Å². The van der Waals surface area contributed by atoms with Crippen LogP contribution < -0.4 is 39.1 Å². The van der Waals surface area contributed by atoms with Gasteiger partial charge in [-0.3, -0.25) is 34.5 Å². The number of benzene rings is 6. The lowest BCUT2D eigenvalue weighted by atomic mass is 9.97. The lowest BCUT2D eigenvalue weighted by Crippen LogP contribution is -2.52. The second-order valence-electron chi connectivity index (χ2n) is 25.2. The molecule has 6 aliphatic heterocycles. The molecule has 6 aromatic carbocycles. The van der Waals surface area contributed by atoms with Gasteiger partial charge in [0.25, 0.3) is 18.1 Å². The van der Waals surface area contributed by atoms with E-state index in [1.54, 1.807) is 48.5 Å². The standard InChI is InChI=1S/C23H24F6N2O3.C15H19F3N2O2.C13H14F3NO2.2C7H7ClO3S.C6H2.C5H9NO.CH4.ClH/c24-22(25,26)33-19-5-1-17(2-6-19)15-30-11-9-21(10-12-30)31(13-14-32-21)16-18-3-7-20(8-4-18)34-23(27,28)29;16-15(17,18)22-13-3-1-12(2-4-13)11-20-8-5-14(6-9-20)19-7-10-21-14;14-13(15,16)19-12-3-1-10(2-4-12)9-17-7-5-11(18)6-8-17;2*1-11-6-2-4-7(5-3-6)12(8,9)10;1-3-5-6-4-2;7-5-1-3-6-4-2-5;;/h1-8H,9-16H2;1-4,19H,5-11H2;1-4H,5-9H2;2*2-5H,1H3;1-2H;6H,1-4H2;1H4;1H. The molecule has 12 rings (SSSR count). The van der Waals surface area contributed by atoms with Gasteiger partial charge in [0, 0.05) is 164 Å². The number of alkyl halides is 12. The van der Waals surface area contributed by atoms with Crippen molar-refractivity contribution in [2.45, 2.75) is 132 Å². The van der Waals surface area contributed by atoms with E-state index in [0.717, 1.165) is 126 Å². The van der Waals surface area contributed by atoms with Gasteiger partial charge in [0.15, 0.2) is 0 Å². The summed E-state index contributed by atoms with van der Waals surface area (Å²) in [5.74, 6) is 9.57. The van der Waals surface area contributed by atoms with Crippen molar-refractivity contribution in [3.63, 3.8) is 0 Å². The number of rotatable bonds is 16. The average molecular weight is 1720 g/mol. The Morgan fingerprint density at radius 3 is 1.02 bits per heavy atom. The lowest BCUT2D eigenvalue weighted by Gasteiger charge is -2.43. The fourth-order valence-electron chi connectivity index (χ4n) is 11.8. The van der Waals surface area contributed by atoms with Gasteiger partial charge in [-0.2, -0.15) is 0 Å². The molecule has 0 amide bonds. The minimum Gasteiger partial charge on any atom is -0.497 e. The van der Waals surface area contributed by atoms with E-state index in [-0.39, 0.29) is 64.1 Å². The maximum Gasteiger partial charge on any atom is 0.573 e. The third-order valence-corrected chi connectivity index (χ3v) is 20.0. The Labute approximate surface area is 670 Å². The number of likely N-dealkylation sites (tertiary alicyclic amines) is 3. The molecule has 0 saturated carbocycles. The number of ether oxygens (including phenoxy) is 8. The molecule has 0 bridgehead atoms. The largest absolute Gasteiger partial charge is 0.573 e. The van der Waals surface area contributed by atoms with Crippen molar-refractivity contribution in [2.24, 2.45) is 0 Å². The fraction of sp³-hybridized carbons (Fsp3) is 0.429. The Hall–Kier alpha value is -8.25. The van der Waals surface area contributed by atoms with Gasteiger partial charge in [-0.1, -0.05) is 56.0 Å². The molecule has 626 valence electrons. The van der Waals surface area contributed by atoms with Crippen LogP contribution in [0.1, 0.15) is 81.0 Å². The Bertz CT molecular complexity index is 4170. The molecule has 0 unspecified atom stereocenters. The highest BCUT2D eigenvalue weighted by Crippen LogP contribution is 2.37. The molecule has 6 aromatic rings. The number of nitrogens with zero attached hydrogens (tertiary/aromatic N) is 4. The number of terminal acetylenes is 2. The summed E-state index contributed by atoms with van der Waals surface area (Å²) in [6, 6.07) is 35.3. The van der Waals surface area contributed by atoms with Crippen LogP contribution in [0.3, 0.4) is 0 Å². The second kappa shape index (κ2) is 46.5. The van der Waals surface area contributed by atoms with Gasteiger partial charge < -0.3 is 43.2 Å². The SMILES string of the molecule is C.C#CC#CC#C.COc1ccc(S(=O)(=O)Cl)cc1.COc1ccc(S(=O)(=O)Cl)cc1.Cl.FC(F)(F)Oc1ccc(CN2CCC3(CC2)NCCO3)cc1.FC(F)(F)Oc1ccc(CN2CCC3(CC2)OCCN3Cc2ccc(OC(F)(F)F)cc2)cc1.O=C1CCN(Cc2ccc(OC(F)(F)F)cc2)CC1.O=C1CCNCC1. The van der Waals surface area contributed by atoms with Crippen LogP contribution in [0.2, 0.25) is 0 Å². The Morgan fingerprint density at radius 2 is 0.737 bits per heavy atom. The normalized spacial score (nSPS) is 16.9. The number of ketones is 2. The molecule has 2 spiro atoms. The first-order chi connectivity index (χ1) is 52.7. The monoisotopic (exact) mass is 1720 g/mol. The van der Waals surface area contributed by atoms with Gasteiger partial charge in [-0.05, 0) is 143 Å². The number of piperidine rings is 4. The molecule has 0 atom stereocenters. The van der Waals surface area contributed by atoms with Crippen molar-refractivity contribution in [3.05, 3.63) is 168 Å². The highest BCUT2D eigenvalue weighted by atomic mass is 35.7. The number of hydrogen-bond donors (Lipinski definition) is 2. The highest BCUT2D eigenvalue weighted by Gasteiger charge is 2.45. The van der Waals surface area contributed by atoms with E-state index in [1.165, 1.54) is 111 Å². The molecule has 37 heteroatoms. The predicted octanol–water partition coefficient (Wildman–Crippen LogP) is 15.1. The summed E-state index contributed by atoms with van der Waals surface area (Å²) in [7, 11) is 5.96. The number of carbonyl (C=O) groups excluding carboxylic acids is 2. The van der Waals surface area contributed by atoms with E-state index in [2.05, 4.69) is 72.9 Å². The molecule has 0 aromatic heterocycles. The van der Waals surface area contributed by atoms with Crippen LogP contribution in [0.15, 0.2) is 155 Å². The summed E-state index contributed by atoms with van der Waals surface area (Å²) in [4.78, 5) is 30.5. The second-order valence-corrected chi connectivity index (χ2v) is 30.3. The molecular weight excluding hydrogens is 1630 g/mol. The van der Waals surface area contributed by atoms with Gasteiger partial charge in [0.2, 0.25) is 0 Å². The topological polar surface area (TPSA) is 213 Å². The lowest BCUT2D eigenvalue weighted by molar-refractivity contribution is -0.275. The van der Waals surface area contributed by atoms with Crippen molar-refractivity contribution in [1.82, 2.24) is 30.2 Å². The van der Waals surface area contributed by atoms with Gasteiger partial charge in [-0.15, -0.1) is 77.9 Å². The molecule has 20 nitrogen and oxygen atoms in total. The smallest absolute Gasteiger partial charge is 0.497 e. The van der Waals surface area contributed by atoms with Gasteiger partial charge >= 0.3 is 25.4 Å². The number of nitrogens with one attached hydrogen (secondary N) is 2. The van der Waals surface area contributed by atoms with E-state index in [9.17, 15) is 79.1 Å². The molecule has 6 saturated heterocycles. The maximum absolute atomic E-state index is 12.4. The summed E-state index contributed by atoms with van der Waals surface area (Å²) < 4.78 is 226. The summed E-state index contributed by atoms with van der Waals surface area (Å²) in [5.41, 5.74) is 3.05. The van der Waals surface area contributed by atoms with Crippen LogP contribution in [0.4, 0.5) is 52.7 Å². The molecule has 114 heavy (non-hydrogen) atoms. The number of hydrogen-bond acceptors (Lipinski definition) is 20. The van der Waals surface area contributed by atoms with Gasteiger partial charge in [-0.25, -0.2) is 16.8 Å². The number of Topliss-reactive ketones (excluding diaryl/α,β-unsaturated/α-hetero) is 2. The minimum absolute atomic E-state index is 0. The van der Waals surface area contributed by atoms with Crippen molar-refractivity contribution < 1.29 is 117 Å². The molecule has 6 fully saturated rings. The zero-order chi connectivity index (χ0) is 82.2. The minimum atomic E-state index is -4.72. The van der Waals surface area contributed by atoms with E-state index in [4.69, 9.17) is 53.2 Å². The Morgan fingerprint density at radius 1 is 0.430 bits per heavy atom. The molecular formula is C77H87Cl3F12N6O14S2. The van der Waals surface area contributed by atoms with Crippen LogP contribution in [0, 0.1) is 36.5 Å². The van der Waals surface area contributed by atoms with Crippen molar-refractivity contribution in [1.29, 1.82) is 0 Å². The number of carbonyl (C=O) groups is 2. The molecule has 0 radical (unpaired) electrons. The summed E-state index contributed by atoms with van der Waals surface area (Å²) in [5, 5.41) is 6.51. The van der Waals surface area contributed by atoms with Crippen LogP contribution in [-0.2, 0) is 63.3 Å². The van der Waals surface area contributed by atoms with Gasteiger partial charge in [0.1, 0.15) is 57.5 Å². The zero-order valence-corrected chi connectivity index (χ0v) is 65.0. The highest BCUT2D eigenvalue weighted by molar-refractivity contribution is 8.14. The molecule has 6 heterocycles. The van der Waals surface area contributed by atoms with Crippen LogP contribution in [0.25, 0.3) is 0 Å². The Kier molecular flexibility index (Phi) is 40.0. The Balaban J connectivity index is 0.000000300. The summed E-state index contributed by atoms with van der Waals surface area (Å²) >= 11 is 0. The first-order valence-electron chi connectivity index (χ1n) is 34.4. The van der Waals surface area contributed by atoms with E-state index in [1.807, 2.05) is 0 Å². The van der Waals surface area contributed by atoms with E-state index >= 15 is 0 Å². The van der Waals surface area contributed by atoms with Crippen molar-refractivity contribution in [2.75, 3.05) is 92.9 Å². The third-order valence-electron chi connectivity index (χ3n) is 17.2. The zero-order valence-electron chi connectivity index (χ0n) is 61.0. The summed E-state index contributed by atoms with van der Waals surface area (Å²) in [6.07, 6.45) is -3.41. The first kappa shape index (κ1) is 98.1. The van der Waals surface area contributed by atoms with E-state index < -0.39 is 49.3 Å². The van der Waals surface area contributed by atoms with Crippen molar-refractivity contribution >= 4 is 63.4 Å². The van der Waals surface area contributed by atoms with Crippen LogP contribution in [-0.4, -0.2) is 178 Å². The molecule has 2 N–H and O–H groups in total. The van der Waals surface area contributed by atoms with E-state index in [0.29, 0.717) is 69.5 Å². The van der Waals surface area contributed by atoms with Crippen LogP contribution >= 0.6 is 33.8 Å². The summed E-state index contributed by atoms with van der Waals surface area (Å²) in [6.45, 7) is 12.0. The number of halogens is 15.